The first-order chi connectivity index (χ1) is 10.1. The molecular formula is C15H16BrFN2O2. The Hall–Kier alpha value is -1.27. The first-order valence-electron chi connectivity index (χ1n) is 7.15. The molecule has 1 amide bonds. The summed E-state index contributed by atoms with van der Waals surface area (Å²) in [5, 5.41) is 0. The summed E-state index contributed by atoms with van der Waals surface area (Å²) in [5.41, 5.74) is 0.667. The zero-order valence-electron chi connectivity index (χ0n) is 11.6. The number of rotatable bonds is 4. The highest BCUT2D eigenvalue weighted by Gasteiger charge is 2.37. The summed E-state index contributed by atoms with van der Waals surface area (Å²) in [6.45, 7) is 3.63. The van der Waals surface area contributed by atoms with Crippen molar-refractivity contribution in [1.29, 1.82) is 0 Å². The average Bonchev–Trinajstić information content (AvgIpc) is 3.02. The van der Waals surface area contributed by atoms with Crippen LogP contribution in [0.4, 0.5) is 10.1 Å². The summed E-state index contributed by atoms with van der Waals surface area (Å²) in [7, 11) is 0. The van der Waals surface area contributed by atoms with E-state index in [1.807, 2.05) is 0 Å². The number of amides is 1. The minimum atomic E-state index is -0.619. The topological polar surface area (TPSA) is 40.6 Å². The summed E-state index contributed by atoms with van der Waals surface area (Å²) in [6, 6.07) is 2.43. The number of hydrogen-bond donors (Lipinski definition) is 0. The van der Waals surface area contributed by atoms with E-state index in [-0.39, 0.29) is 5.56 Å². The number of halogens is 2. The van der Waals surface area contributed by atoms with E-state index in [2.05, 4.69) is 20.8 Å². The van der Waals surface area contributed by atoms with Crippen LogP contribution in [0.5, 0.6) is 0 Å². The lowest BCUT2D eigenvalue weighted by molar-refractivity contribution is -0.114. The van der Waals surface area contributed by atoms with Crippen molar-refractivity contribution in [1.82, 2.24) is 4.90 Å². The summed E-state index contributed by atoms with van der Waals surface area (Å²) in [5.74, 6) is -1.69. The number of anilines is 1. The van der Waals surface area contributed by atoms with Crippen LogP contribution in [0.2, 0.25) is 0 Å². The van der Waals surface area contributed by atoms with Gasteiger partial charge >= 0.3 is 0 Å². The molecule has 6 heteroatoms. The Kier molecular flexibility index (Phi) is 4.08. The molecule has 1 aromatic rings. The quantitative estimate of drug-likeness (QED) is 0.780. The van der Waals surface area contributed by atoms with Crippen molar-refractivity contribution in [2.75, 3.05) is 31.1 Å². The zero-order valence-corrected chi connectivity index (χ0v) is 13.2. The number of fused-ring (bicyclic) bond motifs is 1. The van der Waals surface area contributed by atoms with Gasteiger partial charge in [-0.05, 0) is 67.0 Å². The third kappa shape index (κ3) is 2.74. The fraction of sp³-hybridized carbons (Fsp3) is 0.467. The lowest BCUT2D eigenvalue weighted by Gasteiger charge is -2.20. The van der Waals surface area contributed by atoms with Crippen molar-refractivity contribution >= 4 is 33.3 Å². The third-order valence-corrected chi connectivity index (χ3v) is 4.64. The molecule has 0 saturated carbocycles. The lowest BCUT2D eigenvalue weighted by Crippen LogP contribution is -2.33. The Morgan fingerprint density at radius 1 is 1.14 bits per heavy atom. The number of carbonyl (C=O) groups excluding carboxylic acids is 2. The van der Waals surface area contributed by atoms with E-state index < -0.39 is 17.5 Å². The van der Waals surface area contributed by atoms with Crippen LogP contribution in [0, 0.1) is 5.82 Å². The summed E-state index contributed by atoms with van der Waals surface area (Å²) in [4.78, 5) is 27.8. The Morgan fingerprint density at radius 2 is 1.86 bits per heavy atom. The molecule has 0 unspecified atom stereocenters. The first kappa shape index (κ1) is 14.7. The van der Waals surface area contributed by atoms with Crippen LogP contribution in [0.25, 0.3) is 0 Å². The maximum Gasteiger partial charge on any atom is 0.299 e. The largest absolute Gasteiger partial charge is 0.304 e. The molecule has 0 aromatic heterocycles. The van der Waals surface area contributed by atoms with Gasteiger partial charge in [0.2, 0.25) is 0 Å². The van der Waals surface area contributed by atoms with Crippen molar-refractivity contribution in [3.05, 3.63) is 28.0 Å². The van der Waals surface area contributed by atoms with E-state index in [1.54, 1.807) is 0 Å². The van der Waals surface area contributed by atoms with Gasteiger partial charge in [0.1, 0.15) is 5.82 Å². The Bertz CT molecular complexity index is 600. The number of benzene rings is 1. The van der Waals surface area contributed by atoms with Crippen LogP contribution in [0.1, 0.15) is 29.6 Å². The molecule has 1 fully saturated rings. The molecule has 2 aliphatic rings. The molecule has 0 aliphatic carbocycles. The van der Waals surface area contributed by atoms with Gasteiger partial charge in [-0.1, -0.05) is 0 Å². The normalized spacial score (nSPS) is 18.7. The van der Waals surface area contributed by atoms with E-state index in [0.29, 0.717) is 16.7 Å². The second-order valence-corrected chi connectivity index (χ2v) is 6.33. The number of hydrogen-bond acceptors (Lipinski definition) is 3. The molecule has 0 N–H and O–H groups in total. The van der Waals surface area contributed by atoms with Gasteiger partial charge in [0, 0.05) is 11.0 Å². The van der Waals surface area contributed by atoms with Crippen molar-refractivity contribution < 1.29 is 14.0 Å². The van der Waals surface area contributed by atoms with Gasteiger partial charge in [0.05, 0.1) is 11.3 Å². The van der Waals surface area contributed by atoms with Gasteiger partial charge in [0.25, 0.3) is 11.7 Å². The maximum absolute atomic E-state index is 13.4. The molecule has 4 nitrogen and oxygen atoms in total. The van der Waals surface area contributed by atoms with Crippen molar-refractivity contribution in [2.24, 2.45) is 0 Å². The summed E-state index contributed by atoms with van der Waals surface area (Å²) >= 11 is 3.26. The number of nitrogens with zero attached hydrogens (tertiary/aromatic N) is 2. The molecule has 112 valence electrons. The molecule has 1 saturated heterocycles. The molecule has 3 rings (SSSR count). The fourth-order valence-electron chi connectivity index (χ4n) is 3.02. The van der Waals surface area contributed by atoms with E-state index in [1.165, 1.54) is 23.8 Å². The second kappa shape index (κ2) is 5.85. The third-order valence-electron chi connectivity index (χ3n) is 4.04. The monoisotopic (exact) mass is 354 g/mol. The number of likely N-dealkylation sites (tertiary alicyclic amines) is 1. The van der Waals surface area contributed by atoms with E-state index in [9.17, 15) is 14.0 Å². The Labute approximate surface area is 131 Å². The van der Waals surface area contributed by atoms with Crippen LogP contribution in [-0.2, 0) is 4.79 Å². The second-order valence-electron chi connectivity index (χ2n) is 5.47. The Morgan fingerprint density at radius 3 is 2.57 bits per heavy atom. The van der Waals surface area contributed by atoms with Gasteiger partial charge in [-0.2, -0.15) is 0 Å². The molecular weight excluding hydrogens is 339 g/mol. The van der Waals surface area contributed by atoms with Gasteiger partial charge in [-0.3, -0.25) is 9.59 Å². The van der Waals surface area contributed by atoms with Gasteiger partial charge < -0.3 is 9.80 Å². The van der Waals surface area contributed by atoms with Crippen LogP contribution in [0.3, 0.4) is 0 Å². The average molecular weight is 355 g/mol. The standard InChI is InChI=1S/C15H16BrFN2O2/c16-12-9-10(17)8-11-13(12)19(15(21)14(11)20)7-3-6-18-4-1-2-5-18/h8-9H,1-7H2. The molecule has 0 spiro atoms. The molecule has 2 heterocycles. The molecule has 0 radical (unpaired) electrons. The molecule has 0 atom stereocenters. The molecule has 1 aromatic carbocycles. The highest BCUT2D eigenvalue weighted by Crippen LogP contribution is 2.36. The molecule has 21 heavy (non-hydrogen) atoms. The number of ketones is 1. The van der Waals surface area contributed by atoms with E-state index >= 15 is 0 Å². The van der Waals surface area contributed by atoms with Gasteiger partial charge in [-0.25, -0.2) is 4.39 Å². The van der Waals surface area contributed by atoms with Crippen LogP contribution in [0.15, 0.2) is 16.6 Å². The van der Waals surface area contributed by atoms with Crippen molar-refractivity contribution in [2.45, 2.75) is 19.3 Å². The minimum absolute atomic E-state index is 0.160. The van der Waals surface area contributed by atoms with Gasteiger partial charge in [-0.15, -0.1) is 0 Å². The number of carbonyl (C=O) groups is 2. The van der Waals surface area contributed by atoms with Crippen LogP contribution >= 0.6 is 15.9 Å². The first-order valence-corrected chi connectivity index (χ1v) is 7.95. The van der Waals surface area contributed by atoms with E-state index in [0.717, 1.165) is 32.1 Å². The lowest BCUT2D eigenvalue weighted by atomic mass is 10.1. The highest BCUT2D eigenvalue weighted by atomic mass is 79.9. The predicted molar refractivity (Wildman–Crippen MR) is 81.1 cm³/mol. The fourth-order valence-corrected chi connectivity index (χ4v) is 3.67. The smallest absolute Gasteiger partial charge is 0.299 e. The van der Waals surface area contributed by atoms with Crippen molar-refractivity contribution in [3.8, 4) is 0 Å². The van der Waals surface area contributed by atoms with Gasteiger partial charge in [0.15, 0.2) is 0 Å². The predicted octanol–water partition coefficient (Wildman–Crippen LogP) is 2.60. The SMILES string of the molecule is O=C1C(=O)N(CCCN2CCCC2)c2c(Br)cc(F)cc21. The molecule has 2 aliphatic heterocycles. The van der Waals surface area contributed by atoms with E-state index in [4.69, 9.17) is 0 Å². The van der Waals surface area contributed by atoms with Crippen LogP contribution in [-0.4, -0.2) is 42.8 Å². The van der Waals surface area contributed by atoms with Crippen LogP contribution < -0.4 is 4.90 Å². The minimum Gasteiger partial charge on any atom is -0.304 e. The molecule has 0 bridgehead atoms. The highest BCUT2D eigenvalue weighted by molar-refractivity contribution is 9.10. The maximum atomic E-state index is 13.4. The number of Topliss-reactive ketones (excluding diaryl/α,β-unsaturated/α-hetero) is 1. The Balaban J connectivity index is 1.74. The summed E-state index contributed by atoms with van der Waals surface area (Å²) in [6.07, 6.45) is 3.27. The summed E-state index contributed by atoms with van der Waals surface area (Å²) < 4.78 is 13.8. The van der Waals surface area contributed by atoms with Crippen molar-refractivity contribution in [3.63, 3.8) is 0 Å². The zero-order chi connectivity index (χ0) is 15.0.